The highest BCUT2D eigenvalue weighted by Gasteiger charge is 2.44. The molecular formula is C15H20ClNO2. The van der Waals surface area contributed by atoms with E-state index < -0.39 is 0 Å². The third kappa shape index (κ3) is 3.71. The highest BCUT2D eigenvalue weighted by Crippen LogP contribution is 2.47. The fourth-order valence-electron chi connectivity index (χ4n) is 2.36. The van der Waals surface area contributed by atoms with Crippen molar-refractivity contribution >= 4 is 17.5 Å². The largest absolute Gasteiger partial charge is 0.383 e. The molecule has 1 aromatic rings. The Hall–Kier alpha value is -1.06. The molecule has 0 spiro atoms. The molecule has 1 amide bonds. The van der Waals surface area contributed by atoms with Crippen LogP contribution in [0.1, 0.15) is 31.2 Å². The van der Waals surface area contributed by atoms with E-state index in [4.69, 9.17) is 16.3 Å². The van der Waals surface area contributed by atoms with E-state index in [9.17, 15) is 4.79 Å². The molecule has 104 valence electrons. The topological polar surface area (TPSA) is 38.3 Å². The van der Waals surface area contributed by atoms with Gasteiger partial charge in [0.2, 0.25) is 5.91 Å². The van der Waals surface area contributed by atoms with E-state index in [0.29, 0.717) is 12.5 Å². The zero-order chi connectivity index (χ0) is 13.8. The van der Waals surface area contributed by atoms with Gasteiger partial charge in [-0.05, 0) is 36.5 Å². The molecule has 1 aliphatic rings. The van der Waals surface area contributed by atoms with E-state index in [1.165, 1.54) is 0 Å². The van der Waals surface area contributed by atoms with E-state index in [1.54, 1.807) is 7.11 Å². The Morgan fingerprint density at radius 1 is 1.58 bits per heavy atom. The summed E-state index contributed by atoms with van der Waals surface area (Å²) in [6.07, 6.45) is 1.80. The molecule has 1 aliphatic carbocycles. The summed E-state index contributed by atoms with van der Waals surface area (Å²) in [5.74, 6) is 0.539. The van der Waals surface area contributed by atoms with Crippen LogP contribution in [0.3, 0.4) is 0 Å². The highest BCUT2D eigenvalue weighted by atomic mass is 35.5. The first-order valence-corrected chi connectivity index (χ1v) is 7.08. The molecule has 3 nitrogen and oxygen atoms in total. The van der Waals surface area contributed by atoms with Gasteiger partial charge in [-0.1, -0.05) is 30.7 Å². The number of benzene rings is 1. The van der Waals surface area contributed by atoms with Gasteiger partial charge in [0.1, 0.15) is 0 Å². The quantitative estimate of drug-likeness (QED) is 0.870. The van der Waals surface area contributed by atoms with Gasteiger partial charge in [-0.15, -0.1) is 0 Å². The molecule has 19 heavy (non-hydrogen) atoms. The third-order valence-corrected chi connectivity index (χ3v) is 3.85. The Bertz CT molecular complexity index is 450. The van der Waals surface area contributed by atoms with Crippen molar-refractivity contribution in [2.24, 2.45) is 5.92 Å². The van der Waals surface area contributed by atoms with Crippen LogP contribution in [0.5, 0.6) is 0 Å². The van der Waals surface area contributed by atoms with Crippen molar-refractivity contribution in [2.75, 3.05) is 13.7 Å². The van der Waals surface area contributed by atoms with Gasteiger partial charge in [-0.25, -0.2) is 0 Å². The predicted molar refractivity (Wildman–Crippen MR) is 76.4 cm³/mol. The Morgan fingerprint density at radius 2 is 2.37 bits per heavy atom. The molecule has 3 atom stereocenters. The molecule has 3 unspecified atom stereocenters. The normalized spacial score (nSPS) is 22.9. The van der Waals surface area contributed by atoms with Crippen LogP contribution >= 0.6 is 11.6 Å². The summed E-state index contributed by atoms with van der Waals surface area (Å²) < 4.78 is 5.09. The number of halogens is 1. The van der Waals surface area contributed by atoms with E-state index in [0.717, 1.165) is 23.4 Å². The second kappa shape index (κ2) is 6.40. The van der Waals surface area contributed by atoms with Crippen LogP contribution in [-0.4, -0.2) is 25.7 Å². The lowest BCUT2D eigenvalue weighted by molar-refractivity contribution is -0.123. The third-order valence-electron chi connectivity index (χ3n) is 3.61. The molecule has 1 saturated carbocycles. The van der Waals surface area contributed by atoms with Crippen molar-refractivity contribution in [3.8, 4) is 0 Å². The lowest BCUT2D eigenvalue weighted by atomic mass is 10.1. The van der Waals surface area contributed by atoms with Gasteiger partial charge in [0.05, 0.1) is 12.6 Å². The average Bonchev–Trinajstić information content (AvgIpc) is 3.18. The van der Waals surface area contributed by atoms with Gasteiger partial charge in [0.25, 0.3) is 0 Å². The smallest absolute Gasteiger partial charge is 0.224 e. The maximum atomic E-state index is 12.1. The Labute approximate surface area is 119 Å². The number of amides is 1. The molecule has 0 radical (unpaired) electrons. The second-order valence-electron chi connectivity index (χ2n) is 5.07. The van der Waals surface area contributed by atoms with Crippen molar-refractivity contribution in [3.05, 3.63) is 34.9 Å². The highest BCUT2D eigenvalue weighted by molar-refractivity contribution is 6.30. The molecule has 0 heterocycles. The van der Waals surface area contributed by atoms with Crippen molar-refractivity contribution in [1.82, 2.24) is 5.32 Å². The van der Waals surface area contributed by atoms with Gasteiger partial charge in [-0.2, -0.15) is 0 Å². The summed E-state index contributed by atoms with van der Waals surface area (Å²) >= 11 is 5.97. The van der Waals surface area contributed by atoms with Gasteiger partial charge >= 0.3 is 0 Å². The second-order valence-corrected chi connectivity index (χ2v) is 5.51. The monoisotopic (exact) mass is 281 g/mol. The minimum atomic E-state index is 0.0874. The Morgan fingerprint density at radius 3 is 3.00 bits per heavy atom. The molecule has 1 fully saturated rings. The summed E-state index contributed by atoms with van der Waals surface area (Å²) in [5, 5.41) is 3.78. The van der Waals surface area contributed by atoms with Crippen molar-refractivity contribution in [3.63, 3.8) is 0 Å². The van der Waals surface area contributed by atoms with Crippen LogP contribution in [0.15, 0.2) is 24.3 Å². The van der Waals surface area contributed by atoms with Crippen molar-refractivity contribution in [2.45, 2.75) is 31.7 Å². The number of nitrogens with one attached hydrogen (secondary N) is 1. The molecule has 0 aromatic heterocycles. The summed E-state index contributed by atoms with van der Waals surface area (Å²) in [6.45, 7) is 2.61. The Balaban J connectivity index is 1.90. The van der Waals surface area contributed by atoms with Crippen LogP contribution in [0.25, 0.3) is 0 Å². The molecule has 1 N–H and O–H groups in total. The van der Waals surface area contributed by atoms with E-state index in [1.807, 2.05) is 31.2 Å². The summed E-state index contributed by atoms with van der Waals surface area (Å²) in [7, 11) is 1.65. The minimum Gasteiger partial charge on any atom is -0.383 e. The average molecular weight is 282 g/mol. The van der Waals surface area contributed by atoms with Gasteiger partial charge in [0.15, 0.2) is 0 Å². The lowest BCUT2D eigenvalue weighted by Gasteiger charge is -2.15. The zero-order valence-corrected chi connectivity index (χ0v) is 12.1. The molecule has 2 rings (SSSR count). The summed E-state index contributed by atoms with van der Waals surface area (Å²) in [5.41, 5.74) is 1.16. The number of carbonyl (C=O) groups is 1. The maximum Gasteiger partial charge on any atom is 0.224 e. The van der Waals surface area contributed by atoms with E-state index in [-0.39, 0.29) is 17.9 Å². The van der Waals surface area contributed by atoms with Crippen LogP contribution in [0.2, 0.25) is 5.02 Å². The number of rotatable bonds is 6. The van der Waals surface area contributed by atoms with E-state index in [2.05, 4.69) is 5.32 Å². The molecule has 4 heteroatoms. The van der Waals surface area contributed by atoms with Crippen LogP contribution in [0.4, 0.5) is 0 Å². The van der Waals surface area contributed by atoms with Crippen LogP contribution < -0.4 is 5.32 Å². The first-order valence-electron chi connectivity index (χ1n) is 6.70. The van der Waals surface area contributed by atoms with Gasteiger partial charge in [0, 0.05) is 18.1 Å². The number of hydrogen-bond acceptors (Lipinski definition) is 2. The molecular weight excluding hydrogens is 262 g/mol. The summed E-state index contributed by atoms with van der Waals surface area (Å²) in [4.78, 5) is 12.1. The van der Waals surface area contributed by atoms with E-state index >= 15 is 0 Å². The van der Waals surface area contributed by atoms with Crippen LogP contribution in [-0.2, 0) is 9.53 Å². The minimum absolute atomic E-state index is 0.0874. The first kappa shape index (κ1) is 14.4. The number of ether oxygens (including phenoxy) is 1. The Kier molecular flexibility index (Phi) is 4.83. The molecule has 1 aromatic carbocycles. The van der Waals surface area contributed by atoms with Crippen LogP contribution in [0, 0.1) is 5.92 Å². The molecule has 0 aliphatic heterocycles. The number of methoxy groups -OCH3 is 1. The van der Waals surface area contributed by atoms with Crippen molar-refractivity contribution in [1.29, 1.82) is 0 Å². The molecule has 0 saturated heterocycles. The SMILES string of the molecule is CCC(COC)NC(=O)C1CC1c1cccc(Cl)c1. The number of hydrogen-bond donors (Lipinski definition) is 1. The lowest BCUT2D eigenvalue weighted by Crippen LogP contribution is -2.38. The predicted octanol–water partition coefficient (Wildman–Crippen LogP) is 2.98. The summed E-state index contributed by atoms with van der Waals surface area (Å²) in [6, 6.07) is 7.89. The first-order chi connectivity index (χ1) is 9.15. The zero-order valence-electron chi connectivity index (χ0n) is 11.4. The fourth-order valence-corrected chi connectivity index (χ4v) is 2.56. The number of carbonyl (C=O) groups excluding carboxylic acids is 1. The maximum absolute atomic E-state index is 12.1. The van der Waals surface area contributed by atoms with Gasteiger partial charge in [-0.3, -0.25) is 4.79 Å². The fraction of sp³-hybridized carbons (Fsp3) is 0.533. The standard InChI is InChI=1S/C15H20ClNO2/c1-3-12(9-19-2)17-15(18)14-8-13(14)10-5-4-6-11(16)7-10/h4-7,12-14H,3,8-9H2,1-2H3,(H,17,18). The molecule has 0 bridgehead atoms. The van der Waals surface area contributed by atoms with Crippen molar-refractivity contribution < 1.29 is 9.53 Å². The van der Waals surface area contributed by atoms with Gasteiger partial charge < -0.3 is 10.1 Å².